The summed E-state index contributed by atoms with van der Waals surface area (Å²) in [5, 5.41) is 9.68. The van der Waals surface area contributed by atoms with Gasteiger partial charge in [-0.25, -0.2) is 4.79 Å². The first-order valence-electron chi connectivity index (χ1n) is 5.50. The summed E-state index contributed by atoms with van der Waals surface area (Å²) in [6, 6.07) is 7.36. The second-order valence-corrected chi connectivity index (χ2v) is 3.98. The van der Waals surface area contributed by atoms with Crippen molar-refractivity contribution in [2.24, 2.45) is 0 Å². The average Bonchev–Trinajstić information content (AvgIpc) is 2.28. The standard InChI is InChI=1S/C13H18O3/c1-4-16-13(15)12(14)11-7-5-10(6-8-11)9(2)3/h5-9,12,14H,4H2,1-3H3. The van der Waals surface area contributed by atoms with E-state index in [1.54, 1.807) is 19.1 Å². The third kappa shape index (κ3) is 3.07. The summed E-state index contributed by atoms with van der Waals surface area (Å²) in [4.78, 5) is 11.3. The highest BCUT2D eigenvalue weighted by Gasteiger charge is 2.18. The molecule has 16 heavy (non-hydrogen) atoms. The summed E-state index contributed by atoms with van der Waals surface area (Å²) < 4.78 is 4.75. The smallest absolute Gasteiger partial charge is 0.339 e. The molecule has 1 unspecified atom stereocenters. The van der Waals surface area contributed by atoms with E-state index in [1.165, 1.54) is 5.56 Å². The van der Waals surface area contributed by atoms with Gasteiger partial charge in [0.05, 0.1) is 6.61 Å². The van der Waals surface area contributed by atoms with Gasteiger partial charge in [0.15, 0.2) is 6.10 Å². The van der Waals surface area contributed by atoms with Gasteiger partial charge in [0.2, 0.25) is 0 Å². The van der Waals surface area contributed by atoms with Gasteiger partial charge in [-0.1, -0.05) is 38.1 Å². The van der Waals surface area contributed by atoms with Crippen LogP contribution in [0.1, 0.15) is 43.9 Å². The topological polar surface area (TPSA) is 46.5 Å². The molecule has 1 aromatic carbocycles. The van der Waals surface area contributed by atoms with Gasteiger partial charge in [0.1, 0.15) is 0 Å². The van der Waals surface area contributed by atoms with Crippen LogP contribution in [0.4, 0.5) is 0 Å². The molecule has 0 bridgehead atoms. The fourth-order valence-corrected chi connectivity index (χ4v) is 1.42. The largest absolute Gasteiger partial charge is 0.464 e. The van der Waals surface area contributed by atoms with E-state index in [-0.39, 0.29) is 6.61 Å². The maximum atomic E-state index is 11.3. The van der Waals surface area contributed by atoms with Gasteiger partial charge >= 0.3 is 5.97 Å². The van der Waals surface area contributed by atoms with Crippen molar-refractivity contribution < 1.29 is 14.6 Å². The van der Waals surface area contributed by atoms with Crippen molar-refractivity contribution in [3.05, 3.63) is 35.4 Å². The van der Waals surface area contributed by atoms with Gasteiger partial charge < -0.3 is 9.84 Å². The quantitative estimate of drug-likeness (QED) is 0.796. The lowest BCUT2D eigenvalue weighted by atomic mass is 10.00. The highest BCUT2D eigenvalue weighted by Crippen LogP contribution is 2.19. The van der Waals surface area contributed by atoms with Crippen LogP contribution < -0.4 is 0 Å². The number of hydrogen-bond donors (Lipinski definition) is 1. The van der Waals surface area contributed by atoms with E-state index < -0.39 is 12.1 Å². The monoisotopic (exact) mass is 222 g/mol. The first kappa shape index (κ1) is 12.7. The Kier molecular flexibility index (Phi) is 4.50. The summed E-state index contributed by atoms with van der Waals surface area (Å²) in [6.45, 7) is 6.18. The predicted molar refractivity (Wildman–Crippen MR) is 62.1 cm³/mol. The lowest BCUT2D eigenvalue weighted by molar-refractivity contribution is -0.153. The molecule has 0 aliphatic carbocycles. The Labute approximate surface area is 96.1 Å². The molecule has 0 aliphatic heterocycles. The molecule has 0 fully saturated rings. The number of esters is 1. The van der Waals surface area contributed by atoms with Crippen molar-refractivity contribution in [2.45, 2.75) is 32.8 Å². The number of aliphatic hydroxyl groups is 1. The Morgan fingerprint density at radius 3 is 2.19 bits per heavy atom. The number of carbonyl (C=O) groups is 1. The average molecular weight is 222 g/mol. The van der Waals surface area contributed by atoms with Crippen LogP contribution in [0.2, 0.25) is 0 Å². The molecule has 3 heteroatoms. The SMILES string of the molecule is CCOC(=O)C(O)c1ccc(C(C)C)cc1. The molecule has 3 nitrogen and oxygen atoms in total. The van der Waals surface area contributed by atoms with Crippen molar-refractivity contribution in [1.82, 2.24) is 0 Å². The molecule has 0 radical (unpaired) electrons. The van der Waals surface area contributed by atoms with E-state index in [9.17, 15) is 9.90 Å². The predicted octanol–water partition coefficient (Wildman–Crippen LogP) is 2.41. The zero-order valence-corrected chi connectivity index (χ0v) is 9.93. The summed E-state index contributed by atoms with van der Waals surface area (Å²) >= 11 is 0. The summed E-state index contributed by atoms with van der Waals surface area (Å²) in [7, 11) is 0. The minimum atomic E-state index is -1.18. The molecule has 0 heterocycles. The molecular weight excluding hydrogens is 204 g/mol. The number of ether oxygens (including phenoxy) is 1. The van der Waals surface area contributed by atoms with Gasteiger partial charge in [0, 0.05) is 0 Å². The number of rotatable bonds is 4. The second-order valence-electron chi connectivity index (χ2n) is 3.98. The molecular formula is C13H18O3. The van der Waals surface area contributed by atoms with Crippen LogP contribution in [0, 0.1) is 0 Å². The molecule has 1 aromatic rings. The normalized spacial score (nSPS) is 12.6. The Morgan fingerprint density at radius 2 is 1.75 bits per heavy atom. The Bertz CT molecular complexity index is 341. The van der Waals surface area contributed by atoms with Crippen LogP contribution >= 0.6 is 0 Å². The van der Waals surface area contributed by atoms with Crippen molar-refractivity contribution >= 4 is 5.97 Å². The van der Waals surface area contributed by atoms with Crippen LogP contribution in [0.5, 0.6) is 0 Å². The van der Waals surface area contributed by atoms with Crippen LogP contribution in [-0.4, -0.2) is 17.7 Å². The van der Waals surface area contributed by atoms with E-state index >= 15 is 0 Å². The van der Waals surface area contributed by atoms with Gasteiger partial charge in [-0.3, -0.25) is 0 Å². The zero-order valence-electron chi connectivity index (χ0n) is 9.93. The van der Waals surface area contributed by atoms with Crippen molar-refractivity contribution in [3.63, 3.8) is 0 Å². The highest BCUT2D eigenvalue weighted by molar-refractivity contribution is 5.76. The van der Waals surface area contributed by atoms with E-state index in [0.717, 1.165) is 0 Å². The van der Waals surface area contributed by atoms with Crippen molar-refractivity contribution in [3.8, 4) is 0 Å². The first-order valence-corrected chi connectivity index (χ1v) is 5.50. The molecule has 0 saturated carbocycles. The molecule has 0 aromatic heterocycles. The number of benzene rings is 1. The van der Waals surface area contributed by atoms with E-state index in [2.05, 4.69) is 13.8 Å². The molecule has 0 amide bonds. The van der Waals surface area contributed by atoms with Crippen LogP contribution in [0.3, 0.4) is 0 Å². The van der Waals surface area contributed by atoms with Gasteiger partial charge in [-0.2, -0.15) is 0 Å². The van der Waals surface area contributed by atoms with Crippen LogP contribution in [0.15, 0.2) is 24.3 Å². The Hall–Kier alpha value is -1.35. The van der Waals surface area contributed by atoms with Gasteiger partial charge in [-0.15, -0.1) is 0 Å². The lowest BCUT2D eigenvalue weighted by Crippen LogP contribution is -2.15. The van der Waals surface area contributed by atoms with Gasteiger partial charge in [-0.05, 0) is 24.0 Å². The van der Waals surface area contributed by atoms with Crippen LogP contribution in [0.25, 0.3) is 0 Å². The van der Waals surface area contributed by atoms with Crippen molar-refractivity contribution in [1.29, 1.82) is 0 Å². The zero-order chi connectivity index (χ0) is 12.1. The second kappa shape index (κ2) is 5.66. The fourth-order valence-electron chi connectivity index (χ4n) is 1.42. The molecule has 0 saturated heterocycles. The summed E-state index contributed by atoms with van der Waals surface area (Å²) in [6.07, 6.45) is -1.18. The first-order chi connectivity index (χ1) is 7.56. The van der Waals surface area contributed by atoms with E-state index in [0.29, 0.717) is 11.5 Å². The van der Waals surface area contributed by atoms with Crippen LogP contribution in [-0.2, 0) is 9.53 Å². The molecule has 1 atom stereocenters. The summed E-state index contributed by atoms with van der Waals surface area (Å²) in [5.74, 6) is -0.159. The number of hydrogen-bond acceptors (Lipinski definition) is 3. The van der Waals surface area contributed by atoms with Gasteiger partial charge in [0.25, 0.3) is 0 Å². The van der Waals surface area contributed by atoms with Crippen molar-refractivity contribution in [2.75, 3.05) is 6.61 Å². The van der Waals surface area contributed by atoms with E-state index in [1.807, 2.05) is 12.1 Å². The molecule has 1 N–H and O–H groups in total. The maximum Gasteiger partial charge on any atom is 0.339 e. The third-order valence-electron chi connectivity index (χ3n) is 2.43. The highest BCUT2D eigenvalue weighted by atomic mass is 16.5. The molecule has 0 spiro atoms. The number of aliphatic hydroxyl groups excluding tert-OH is 1. The number of carbonyl (C=O) groups excluding carboxylic acids is 1. The van der Waals surface area contributed by atoms with E-state index in [4.69, 9.17) is 4.74 Å². The molecule has 88 valence electrons. The minimum absolute atomic E-state index is 0.278. The Balaban J connectivity index is 2.77. The third-order valence-corrected chi connectivity index (χ3v) is 2.43. The summed E-state index contributed by atoms with van der Waals surface area (Å²) in [5.41, 5.74) is 1.75. The Morgan fingerprint density at radius 1 is 1.25 bits per heavy atom. The molecule has 0 aliphatic rings. The molecule has 1 rings (SSSR count). The minimum Gasteiger partial charge on any atom is -0.464 e. The lowest BCUT2D eigenvalue weighted by Gasteiger charge is -2.11. The maximum absolute atomic E-state index is 11.3. The fraction of sp³-hybridized carbons (Fsp3) is 0.462.